The second-order valence-electron chi connectivity index (χ2n) is 7.61. The van der Waals surface area contributed by atoms with E-state index in [2.05, 4.69) is 10.4 Å². The van der Waals surface area contributed by atoms with E-state index < -0.39 is 15.9 Å². The number of anilines is 1. The van der Waals surface area contributed by atoms with Gasteiger partial charge in [-0.1, -0.05) is 48.5 Å². The van der Waals surface area contributed by atoms with Gasteiger partial charge in [-0.25, -0.2) is 13.1 Å². The van der Waals surface area contributed by atoms with Crippen molar-refractivity contribution in [2.75, 3.05) is 18.9 Å². The van der Waals surface area contributed by atoms with Crippen molar-refractivity contribution >= 4 is 32.4 Å². The van der Waals surface area contributed by atoms with Gasteiger partial charge < -0.3 is 5.32 Å². The molecule has 1 heterocycles. The molecule has 0 unspecified atom stereocenters. The number of para-hydroxylation sites is 1. The Morgan fingerprint density at radius 1 is 0.969 bits per heavy atom. The number of aryl methyl sites for hydroxylation is 1. The average Bonchev–Trinajstić information content (AvgIpc) is 3.07. The number of likely N-dealkylation sites (N-methyl/N-ethyl adjacent to an activating group) is 1. The van der Waals surface area contributed by atoms with Crippen LogP contribution in [0.25, 0.3) is 16.5 Å². The van der Waals surface area contributed by atoms with Crippen LogP contribution in [-0.4, -0.2) is 42.0 Å². The molecule has 0 bridgehead atoms. The Kier molecular flexibility index (Phi) is 5.82. The van der Waals surface area contributed by atoms with Crippen LogP contribution >= 0.6 is 0 Å². The van der Waals surface area contributed by atoms with Crippen molar-refractivity contribution < 1.29 is 13.2 Å². The minimum Gasteiger partial charge on any atom is -0.322 e. The van der Waals surface area contributed by atoms with Crippen LogP contribution < -0.4 is 5.32 Å². The quantitative estimate of drug-likeness (QED) is 0.485. The molecular formula is C24H24N4O3S. The summed E-state index contributed by atoms with van der Waals surface area (Å²) in [5.74, 6) is -0.435. The molecule has 7 nitrogen and oxygen atoms in total. The molecule has 1 amide bonds. The summed E-state index contributed by atoms with van der Waals surface area (Å²) in [6.45, 7) is 3.35. The third-order valence-corrected chi connectivity index (χ3v) is 7.15. The number of nitrogens with zero attached hydrogens (tertiary/aromatic N) is 3. The van der Waals surface area contributed by atoms with E-state index in [1.807, 2.05) is 61.5 Å². The molecule has 0 radical (unpaired) electrons. The molecule has 3 aromatic carbocycles. The van der Waals surface area contributed by atoms with Gasteiger partial charge in [0.25, 0.3) is 0 Å². The smallest absolute Gasteiger partial charge is 0.243 e. The first-order valence-electron chi connectivity index (χ1n) is 10.1. The molecule has 0 aliphatic rings. The summed E-state index contributed by atoms with van der Waals surface area (Å²) in [4.78, 5) is 12.9. The molecule has 0 aliphatic carbocycles. The zero-order valence-electron chi connectivity index (χ0n) is 18.1. The van der Waals surface area contributed by atoms with Gasteiger partial charge in [0.1, 0.15) is 0 Å². The highest BCUT2D eigenvalue weighted by Gasteiger charge is 2.24. The van der Waals surface area contributed by atoms with Crippen LogP contribution in [0.1, 0.15) is 11.4 Å². The molecule has 0 fully saturated rings. The summed E-state index contributed by atoms with van der Waals surface area (Å²) in [7, 11) is -2.42. The third kappa shape index (κ3) is 4.15. The van der Waals surface area contributed by atoms with Crippen molar-refractivity contribution in [2.45, 2.75) is 18.7 Å². The Morgan fingerprint density at radius 2 is 1.62 bits per heavy atom. The fourth-order valence-electron chi connectivity index (χ4n) is 3.62. The molecule has 0 aliphatic heterocycles. The molecule has 4 rings (SSSR count). The zero-order chi connectivity index (χ0) is 22.9. The molecule has 0 atom stereocenters. The van der Waals surface area contributed by atoms with Gasteiger partial charge in [0.15, 0.2) is 0 Å². The van der Waals surface area contributed by atoms with Crippen LogP contribution in [-0.2, 0) is 14.8 Å². The topological polar surface area (TPSA) is 84.3 Å². The maximum atomic E-state index is 13.0. The summed E-state index contributed by atoms with van der Waals surface area (Å²) in [6, 6.07) is 22.1. The molecule has 0 saturated heterocycles. The minimum absolute atomic E-state index is 0.149. The number of sulfonamides is 1. The van der Waals surface area contributed by atoms with E-state index in [0.717, 1.165) is 26.5 Å². The Morgan fingerprint density at radius 3 is 2.34 bits per heavy atom. The van der Waals surface area contributed by atoms with Crippen molar-refractivity contribution in [2.24, 2.45) is 0 Å². The Balaban J connectivity index is 1.52. The van der Waals surface area contributed by atoms with Crippen molar-refractivity contribution in [1.82, 2.24) is 14.1 Å². The maximum absolute atomic E-state index is 13.0. The lowest BCUT2D eigenvalue weighted by Crippen LogP contribution is -2.35. The normalized spacial score (nSPS) is 11.8. The highest BCUT2D eigenvalue weighted by molar-refractivity contribution is 7.89. The first-order chi connectivity index (χ1) is 15.3. The number of carbonyl (C=O) groups is 1. The SMILES string of the molecule is Cc1nn(-c2ccccc2)c(C)c1NC(=O)CN(C)S(=O)(=O)c1ccc2ccccc2c1. The number of carbonyl (C=O) groups excluding carboxylic acids is 1. The maximum Gasteiger partial charge on any atom is 0.243 e. The van der Waals surface area contributed by atoms with E-state index in [-0.39, 0.29) is 11.4 Å². The predicted octanol–water partition coefficient (Wildman–Crippen LogP) is 3.90. The molecule has 32 heavy (non-hydrogen) atoms. The Labute approximate surface area is 187 Å². The number of nitrogens with one attached hydrogen (secondary N) is 1. The van der Waals surface area contributed by atoms with Gasteiger partial charge in [0.05, 0.1) is 34.2 Å². The van der Waals surface area contributed by atoms with Crippen molar-refractivity contribution in [3.63, 3.8) is 0 Å². The lowest BCUT2D eigenvalue weighted by atomic mass is 10.1. The van der Waals surface area contributed by atoms with Crippen molar-refractivity contribution in [3.8, 4) is 5.69 Å². The van der Waals surface area contributed by atoms with Gasteiger partial charge in [0.2, 0.25) is 15.9 Å². The summed E-state index contributed by atoms with van der Waals surface area (Å²) in [6.07, 6.45) is 0. The zero-order valence-corrected chi connectivity index (χ0v) is 18.9. The number of benzene rings is 3. The van der Waals surface area contributed by atoms with Gasteiger partial charge in [-0.3, -0.25) is 4.79 Å². The van der Waals surface area contributed by atoms with Gasteiger partial charge in [0, 0.05) is 7.05 Å². The first-order valence-corrected chi connectivity index (χ1v) is 11.6. The van der Waals surface area contributed by atoms with Crippen LogP contribution in [0.5, 0.6) is 0 Å². The fourth-order valence-corrected chi connectivity index (χ4v) is 4.78. The number of amides is 1. The van der Waals surface area contributed by atoms with Gasteiger partial charge in [-0.05, 0) is 48.9 Å². The van der Waals surface area contributed by atoms with Crippen LogP contribution in [0.4, 0.5) is 5.69 Å². The fraction of sp³-hybridized carbons (Fsp3) is 0.167. The molecule has 1 N–H and O–H groups in total. The molecule has 4 aromatic rings. The Hall–Kier alpha value is -3.49. The molecule has 8 heteroatoms. The molecular weight excluding hydrogens is 424 g/mol. The van der Waals surface area contributed by atoms with Crippen LogP contribution in [0.2, 0.25) is 0 Å². The Bertz CT molecular complexity index is 1400. The van der Waals surface area contributed by atoms with Crippen LogP contribution in [0.3, 0.4) is 0 Å². The number of rotatable bonds is 6. The lowest BCUT2D eigenvalue weighted by molar-refractivity contribution is -0.116. The van der Waals surface area contributed by atoms with E-state index in [9.17, 15) is 13.2 Å². The third-order valence-electron chi connectivity index (χ3n) is 5.35. The number of fused-ring (bicyclic) bond motifs is 1. The average molecular weight is 449 g/mol. The largest absolute Gasteiger partial charge is 0.322 e. The summed E-state index contributed by atoms with van der Waals surface area (Å²) in [5.41, 5.74) is 2.88. The highest BCUT2D eigenvalue weighted by atomic mass is 32.2. The van der Waals surface area contributed by atoms with E-state index >= 15 is 0 Å². The molecule has 1 aromatic heterocycles. The van der Waals surface area contributed by atoms with Crippen LogP contribution in [0, 0.1) is 13.8 Å². The monoisotopic (exact) mass is 448 g/mol. The van der Waals surface area contributed by atoms with E-state index in [1.165, 1.54) is 7.05 Å². The van der Waals surface area contributed by atoms with Crippen molar-refractivity contribution in [3.05, 3.63) is 84.2 Å². The van der Waals surface area contributed by atoms with Gasteiger partial charge >= 0.3 is 0 Å². The summed E-state index contributed by atoms with van der Waals surface area (Å²) >= 11 is 0. The molecule has 0 spiro atoms. The summed E-state index contributed by atoms with van der Waals surface area (Å²) in [5, 5.41) is 9.11. The molecule has 0 saturated carbocycles. The van der Waals surface area contributed by atoms with Gasteiger partial charge in [-0.2, -0.15) is 9.40 Å². The van der Waals surface area contributed by atoms with E-state index in [4.69, 9.17) is 0 Å². The van der Waals surface area contributed by atoms with E-state index in [1.54, 1.807) is 29.8 Å². The number of aromatic nitrogens is 2. The standard InChI is InChI=1S/C24H24N4O3S/c1-17-24(18(2)28(26-17)21-11-5-4-6-12-21)25-23(29)16-27(3)32(30,31)22-14-13-19-9-7-8-10-20(19)15-22/h4-15H,16H2,1-3H3,(H,25,29). The minimum atomic E-state index is -3.82. The van der Waals surface area contributed by atoms with Crippen LogP contribution in [0.15, 0.2) is 77.7 Å². The highest BCUT2D eigenvalue weighted by Crippen LogP contribution is 2.24. The lowest BCUT2D eigenvalue weighted by Gasteiger charge is -2.17. The second-order valence-corrected chi connectivity index (χ2v) is 9.66. The molecule has 164 valence electrons. The predicted molar refractivity (Wildman–Crippen MR) is 125 cm³/mol. The summed E-state index contributed by atoms with van der Waals surface area (Å²) < 4.78 is 28.8. The van der Waals surface area contributed by atoms with E-state index in [0.29, 0.717) is 11.4 Å². The second kappa shape index (κ2) is 8.57. The van der Waals surface area contributed by atoms with Crippen molar-refractivity contribution in [1.29, 1.82) is 0 Å². The van der Waals surface area contributed by atoms with Gasteiger partial charge in [-0.15, -0.1) is 0 Å². The number of hydrogen-bond acceptors (Lipinski definition) is 4. The first kappa shape index (κ1) is 21.7. The number of hydrogen-bond donors (Lipinski definition) is 1.